The van der Waals surface area contributed by atoms with Crippen LogP contribution in [0.25, 0.3) is 0 Å². The number of hydrogen-bond donors (Lipinski definition) is 2. The Kier molecular flexibility index (Phi) is 5.22. The lowest BCUT2D eigenvalue weighted by atomic mass is 9.77. The van der Waals surface area contributed by atoms with Crippen LogP contribution >= 0.6 is 0 Å². The fourth-order valence-corrected chi connectivity index (χ4v) is 3.47. The fraction of sp³-hybridized carbons (Fsp3) is 0.933. The van der Waals surface area contributed by atoms with Gasteiger partial charge in [-0.2, -0.15) is 0 Å². The number of nitrogens with zero attached hydrogens (tertiary/aromatic N) is 1. The number of hydrogen-bond acceptors (Lipinski definition) is 3. The zero-order valence-corrected chi connectivity index (χ0v) is 12.4. The van der Waals surface area contributed by atoms with Gasteiger partial charge in [0.15, 0.2) is 0 Å². The second kappa shape index (κ2) is 6.71. The molecule has 0 aromatic heterocycles. The van der Waals surface area contributed by atoms with Crippen molar-refractivity contribution < 1.29 is 4.79 Å². The number of rotatable bonds is 3. The van der Waals surface area contributed by atoms with E-state index in [4.69, 9.17) is 5.73 Å². The molecule has 0 aromatic rings. The Morgan fingerprint density at radius 2 is 2.11 bits per heavy atom. The van der Waals surface area contributed by atoms with Crippen molar-refractivity contribution in [2.24, 2.45) is 17.6 Å². The van der Waals surface area contributed by atoms with Crippen molar-refractivity contribution in [1.29, 1.82) is 0 Å². The van der Waals surface area contributed by atoms with Gasteiger partial charge in [0.1, 0.15) is 0 Å². The van der Waals surface area contributed by atoms with Crippen molar-refractivity contribution in [3.8, 4) is 0 Å². The Morgan fingerprint density at radius 3 is 2.84 bits per heavy atom. The number of amides is 1. The molecule has 1 saturated carbocycles. The summed E-state index contributed by atoms with van der Waals surface area (Å²) in [5, 5.41) is 3.17. The van der Waals surface area contributed by atoms with Crippen LogP contribution in [0.4, 0.5) is 0 Å². The highest BCUT2D eigenvalue weighted by molar-refractivity contribution is 5.79. The number of likely N-dealkylation sites (tertiary alicyclic amines) is 1. The van der Waals surface area contributed by atoms with Gasteiger partial charge >= 0.3 is 0 Å². The molecular weight excluding hydrogens is 238 g/mol. The second-order valence-electron chi connectivity index (χ2n) is 6.53. The summed E-state index contributed by atoms with van der Waals surface area (Å²) >= 11 is 0. The van der Waals surface area contributed by atoms with E-state index < -0.39 is 0 Å². The van der Waals surface area contributed by atoms with Gasteiger partial charge in [0.05, 0.1) is 0 Å². The van der Waals surface area contributed by atoms with Crippen molar-refractivity contribution >= 4 is 5.91 Å². The van der Waals surface area contributed by atoms with Crippen LogP contribution in [0.15, 0.2) is 0 Å². The molecule has 1 heterocycles. The molecule has 110 valence electrons. The molecule has 4 atom stereocenters. The average Bonchev–Trinajstić information content (AvgIpc) is 2.40. The van der Waals surface area contributed by atoms with E-state index in [1.165, 1.54) is 19.3 Å². The van der Waals surface area contributed by atoms with Crippen LogP contribution in [0.3, 0.4) is 0 Å². The van der Waals surface area contributed by atoms with Crippen LogP contribution < -0.4 is 11.1 Å². The van der Waals surface area contributed by atoms with E-state index in [-0.39, 0.29) is 17.9 Å². The summed E-state index contributed by atoms with van der Waals surface area (Å²) in [6.07, 6.45) is 6.79. The van der Waals surface area contributed by atoms with Crippen LogP contribution in [-0.4, -0.2) is 43.0 Å². The highest BCUT2D eigenvalue weighted by atomic mass is 16.1. The molecule has 1 aliphatic heterocycles. The Hall–Kier alpha value is -0.610. The molecule has 4 heteroatoms. The van der Waals surface area contributed by atoms with Crippen LogP contribution in [-0.2, 0) is 4.79 Å². The maximum absolute atomic E-state index is 12.3. The van der Waals surface area contributed by atoms with Crippen molar-refractivity contribution in [2.45, 2.75) is 57.5 Å². The maximum atomic E-state index is 12.3. The Labute approximate surface area is 117 Å². The topological polar surface area (TPSA) is 58.4 Å². The van der Waals surface area contributed by atoms with Crippen LogP contribution in [0.1, 0.15) is 45.4 Å². The first kappa shape index (κ1) is 14.8. The van der Waals surface area contributed by atoms with E-state index in [2.05, 4.69) is 24.2 Å². The molecular formula is C15H29N3O. The van der Waals surface area contributed by atoms with Gasteiger partial charge in [-0.15, -0.1) is 0 Å². The third-order valence-electron chi connectivity index (χ3n) is 5.01. The molecule has 0 aromatic carbocycles. The second-order valence-corrected chi connectivity index (χ2v) is 6.53. The van der Waals surface area contributed by atoms with E-state index >= 15 is 0 Å². The Bertz CT molecular complexity index is 308. The third-order valence-corrected chi connectivity index (χ3v) is 5.01. The van der Waals surface area contributed by atoms with Gasteiger partial charge in [-0.25, -0.2) is 0 Å². The SMILES string of the molecule is CC1CCC(N)CC1C(=O)NCC1CCCCN1C. The first-order valence-electron chi connectivity index (χ1n) is 7.81. The molecule has 2 rings (SSSR count). The predicted octanol–water partition coefficient (Wildman–Crippen LogP) is 1.35. The molecule has 4 nitrogen and oxygen atoms in total. The van der Waals surface area contributed by atoms with Crippen molar-refractivity contribution in [3.63, 3.8) is 0 Å². The summed E-state index contributed by atoms with van der Waals surface area (Å²) in [6, 6.07) is 0.731. The van der Waals surface area contributed by atoms with E-state index in [1.54, 1.807) is 0 Å². The average molecular weight is 267 g/mol. The smallest absolute Gasteiger partial charge is 0.223 e. The van der Waals surface area contributed by atoms with Gasteiger partial charge in [-0.05, 0) is 51.6 Å². The summed E-state index contributed by atoms with van der Waals surface area (Å²) in [5.41, 5.74) is 6.00. The van der Waals surface area contributed by atoms with Crippen LogP contribution in [0.2, 0.25) is 0 Å². The lowest BCUT2D eigenvalue weighted by Gasteiger charge is -2.35. The van der Waals surface area contributed by atoms with Gasteiger partial charge in [-0.1, -0.05) is 13.3 Å². The number of piperidine rings is 1. The molecule has 19 heavy (non-hydrogen) atoms. The predicted molar refractivity (Wildman–Crippen MR) is 77.8 cm³/mol. The lowest BCUT2D eigenvalue weighted by Crippen LogP contribution is -2.48. The van der Waals surface area contributed by atoms with Gasteiger partial charge < -0.3 is 16.0 Å². The molecule has 3 N–H and O–H groups in total. The van der Waals surface area contributed by atoms with Gasteiger partial charge in [0, 0.05) is 24.5 Å². The Morgan fingerprint density at radius 1 is 1.32 bits per heavy atom. The van der Waals surface area contributed by atoms with Crippen molar-refractivity contribution in [1.82, 2.24) is 10.2 Å². The summed E-state index contributed by atoms with van der Waals surface area (Å²) < 4.78 is 0. The zero-order valence-electron chi connectivity index (χ0n) is 12.4. The highest BCUT2D eigenvalue weighted by Crippen LogP contribution is 2.29. The van der Waals surface area contributed by atoms with Crippen molar-refractivity contribution in [2.75, 3.05) is 20.1 Å². The maximum Gasteiger partial charge on any atom is 0.223 e. The minimum atomic E-state index is 0.123. The highest BCUT2D eigenvalue weighted by Gasteiger charge is 2.31. The van der Waals surface area contributed by atoms with E-state index in [1.807, 2.05) is 0 Å². The molecule has 2 aliphatic rings. The van der Waals surface area contributed by atoms with Crippen LogP contribution in [0.5, 0.6) is 0 Å². The molecule has 1 aliphatic carbocycles. The molecule has 0 bridgehead atoms. The standard InChI is InChI=1S/C15H29N3O/c1-11-6-7-12(16)9-14(11)15(19)17-10-13-5-3-4-8-18(13)2/h11-14H,3-10,16H2,1-2H3,(H,17,19). The summed E-state index contributed by atoms with van der Waals surface area (Å²) in [6.45, 7) is 4.14. The summed E-state index contributed by atoms with van der Waals surface area (Å²) in [5.74, 6) is 0.822. The third kappa shape index (κ3) is 3.93. The largest absolute Gasteiger partial charge is 0.354 e. The number of carbonyl (C=O) groups is 1. The molecule has 1 saturated heterocycles. The normalized spacial score (nSPS) is 37.0. The Balaban J connectivity index is 1.79. The fourth-order valence-electron chi connectivity index (χ4n) is 3.47. The monoisotopic (exact) mass is 267 g/mol. The van der Waals surface area contributed by atoms with Gasteiger partial charge in [-0.3, -0.25) is 4.79 Å². The summed E-state index contributed by atoms with van der Waals surface area (Å²) in [4.78, 5) is 14.7. The van der Waals surface area contributed by atoms with E-state index in [0.29, 0.717) is 12.0 Å². The minimum absolute atomic E-state index is 0.123. The molecule has 4 unspecified atom stereocenters. The van der Waals surface area contributed by atoms with Gasteiger partial charge in [0.2, 0.25) is 5.91 Å². The molecule has 1 amide bonds. The number of carbonyl (C=O) groups excluding carboxylic acids is 1. The van der Waals surface area contributed by atoms with Crippen molar-refractivity contribution in [3.05, 3.63) is 0 Å². The number of nitrogens with one attached hydrogen (secondary N) is 1. The lowest BCUT2D eigenvalue weighted by molar-refractivity contribution is -0.128. The zero-order chi connectivity index (χ0) is 13.8. The molecule has 0 spiro atoms. The van der Waals surface area contributed by atoms with E-state index in [9.17, 15) is 4.79 Å². The molecule has 2 fully saturated rings. The first-order chi connectivity index (χ1) is 9.08. The number of nitrogens with two attached hydrogens (primary N) is 1. The van der Waals surface area contributed by atoms with E-state index in [0.717, 1.165) is 32.4 Å². The minimum Gasteiger partial charge on any atom is -0.354 e. The molecule has 0 radical (unpaired) electrons. The number of likely N-dealkylation sites (N-methyl/N-ethyl adjacent to an activating group) is 1. The van der Waals surface area contributed by atoms with Gasteiger partial charge in [0.25, 0.3) is 0 Å². The summed E-state index contributed by atoms with van der Waals surface area (Å²) in [7, 11) is 2.16. The van der Waals surface area contributed by atoms with Crippen LogP contribution in [0, 0.1) is 11.8 Å². The first-order valence-corrected chi connectivity index (χ1v) is 7.81. The quantitative estimate of drug-likeness (QED) is 0.811.